The lowest BCUT2D eigenvalue weighted by Crippen LogP contribution is -2.19. The van der Waals surface area contributed by atoms with Crippen LogP contribution in [-0.2, 0) is 16.1 Å². The number of rotatable bonds is 21. The van der Waals surface area contributed by atoms with Gasteiger partial charge in [0.2, 0.25) is 0 Å². The Labute approximate surface area is 185 Å². The molecule has 0 N–H and O–H groups in total. The van der Waals surface area contributed by atoms with Crippen molar-refractivity contribution in [1.29, 1.82) is 0 Å². The Hall–Kier alpha value is -0.570. The van der Waals surface area contributed by atoms with Gasteiger partial charge >= 0.3 is 0 Å². The number of hydrogen-bond acceptors (Lipinski definition) is 2. The first-order chi connectivity index (χ1) is 14.4. The molecule has 0 spiro atoms. The molecule has 1 unspecified atom stereocenters. The number of ether oxygens (including phenoxy) is 2. The fourth-order valence-corrected chi connectivity index (χ4v) is 3.72. The molecule has 0 radical (unpaired) electrons. The molecule has 0 saturated carbocycles. The van der Waals surface area contributed by atoms with Crippen molar-refractivity contribution in [3.05, 3.63) is 35.9 Å². The monoisotopic (exact) mass is 424 g/mol. The molecule has 1 aromatic rings. The van der Waals surface area contributed by atoms with Crippen LogP contribution in [0.4, 0.5) is 0 Å². The van der Waals surface area contributed by atoms with E-state index in [0.29, 0.717) is 6.61 Å². The summed E-state index contributed by atoms with van der Waals surface area (Å²) in [6, 6.07) is 10.4. The van der Waals surface area contributed by atoms with Crippen molar-refractivity contribution in [2.45, 2.75) is 110 Å². The summed E-state index contributed by atoms with van der Waals surface area (Å²) in [5.41, 5.74) is 1.23. The molecular weight excluding hydrogens is 380 g/mol. The van der Waals surface area contributed by atoms with Gasteiger partial charge < -0.3 is 9.47 Å². The number of unbranched alkanes of at least 4 members (excludes halogenated alkanes) is 12. The average Bonchev–Trinajstić information content (AvgIpc) is 2.76. The van der Waals surface area contributed by atoms with Gasteiger partial charge in [-0.15, -0.1) is 11.6 Å². The predicted molar refractivity (Wildman–Crippen MR) is 127 cm³/mol. The molecular formula is C26H45ClO2. The highest BCUT2D eigenvalue weighted by atomic mass is 35.5. The molecule has 0 aliphatic carbocycles. The zero-order valence-corrected chi connectivity index (χ0v) is 19.6. The van der Waals surface area contributed by atoms with Gasteiger partial charge in [0.15, 0.2) is 0 Å². The first kappa shape index (κ1) is 26.5. The molecule has 0 amide bonds. The highest BCUT2D eigenvalue weighted by Gasteiger charge is 2.07. The Morgan fingerprint density at radius 1 is 0.724 bits per heavy atom. The van der Waals surface area contributed by atoms with Crippen molar-refractivity contribution in [2.24, 2.45) is 0 Å². The Bertz CT molecular complexity index is 438. The summed E-state index contributed by atoms with van der Waals surface area (Å²) in [4.78, 5) is 0. The van der Waals surface area contributed by atoms with Crippen LogP contribution in [0.25, 0.3) is 0 Å². The van der Waals surface area contributed by atoms with Crippen molar-refractivity contribution in [2.75, 3.05) is 19.1 Å². The molecule has 0 fully saturated rings. The van der Waals surface area contributed by atoms with Gasteiger partial charge in [0.05, 0.1) is 19.3 Å². The standard InChI is InChI=1S/C26H45ClO2/c1-2-26(29-23-25-19-15-14-16-20-25)24-28-22-18-13-11-9-7-5-3-4-6-8-10-12-17-21-27/h14-16,19-20,26H,2-13,17-18,21-24H2,1H3. The van der Waals surface area contributed by atoms with Crippen LogP contribution < -0.4 is 0 Å². The minimum Gasteiger partial charge on any atom is -0.379 e. The smallest absolute Gasteiger partial charge is 0.0810 e. The normalized spacial score (nSPS) is 12.3. The summed E-state index contributed by atoms with van der Waals surface area (Å²) in [5, 5.41) is 0. The van der Waals surface area contributed by atoms with E-state index in [1.807, 2.05) is 6.07 Å². The maximum atomic E-state index is 5.97. The topological polar surface area (TPSA) is 18.5 Å². The van der Waals surface area contributed by atoms with Crippen LogP contribution >= 0.6 is 11.6 Å². The molecule has 0 bridgehead atoms. The van der Waals surface area contributed by atoms with E-state index in [2.05, 4.69) is 31.2 Å². The molecule has 0 heterocycles. The first-order valence-corrected chi connectivity index (χ1v) is 12.7. The second kappa shape index (κ2) is 20.7. The highest BCUT2D eigenvalue weighted by Crippen LogP contribution is 2.13. The third kappa shape index (κ3) is 16.9. The van der Waals surface area contributed by atoms with Crippen LogP contribution in [0.15, 0.2) is 30.3 Å². The van der Waals surface area contributed by atoms with E-state index in [0.717, 1.165) is 25.5 Å². The van der Waals surface area contributed by atoms with Crippen LogP contribution in [0.1, 0.15) is 102 Å². The second-order valence-corrected chi connectivity index (χ2v) is 8.56. The summed E-state index contributed by atoms with van der Waals surface area (Å²) < 4.78 is 11.8. The maximum Gasteiger partial charge on any atom is 0.0810 e. The second-order valence-electron chi connectivity index (χ2n) is 8.19. The molecule has 2 nitrogen and oxygen atoms in total. The zero-order valence-electron chi connectivity index (χ0n) is 18.9. The molecule has 1 atom stereocenters. The molecule has 0 saturated heterocycles. The van der Waals surface area contributed by atoms with Gasteiger partial charge in [-0.3, -0.25) is 0 Å². The van der Waals surface area contributed by atoms with Gasteiger partial charge in [0.25, 0.3) is 0 Å². The molecule has 0 aliphatic rings. The van der Waals surface area contributed by atoms with Crippen molar-refractivity contribution in [3.63, 3.8) is 0 Å². The van der Waals surface area contributed by atoms with E-state index in [1.54, 1.807) is 0 Å². The van der Waals surface area contributed by atoms with Crippen molar-refractivity contribution in [1.82, 2.24) is 0 Å². The first-order valence-electron chi connectivity index (χ1n) is 12.2. The van der Waals surface area contributed by atoms with Gasteiger partial charge in [-0.1, -0.05) is 108 Å². The summed E-state index contributed by atoms with van der Waals surface area (Å²) in [6.07, 6.45) is 18.7. The summed E-state index contributed by atoms with van der Waals surface area (Å²) in [6.45, 7) is 4.43. The lowest BCUT2D eigenvalue weighted by molar-refractivity contribution is -0.0269. The highest BCUT2D eigenvalue weighted by molar-refractivity contribution is 6.17. The van der Waals surface area contributed by atoms with E-state index < -0.39 is 0 Å². The van der Waals surface area contributed by atoms with Crippen LogP contribution in [0.3, 0.4) is 0 Å². The molecule has 29 heavy (non-hydrogen) atoms. The minimum absolute atomic E-state index is 0.204. The number of hydrogen-bond donors (Lipinski definition) is 0. The van der Waals surface area contributed by atoms with E-state index in [4.69, 9.17) is 21.1 Å². The van der Waals surface area contributed by atoms with Gasteiger partial charge in [0.1, 0.15) is 0 Å². The quantitative estimate of drug-likeness (QED) is 0.146. The van der Waals surface area contributed by atoms with E-state index in [1.165, 1.54) is 89.0 Å². The van der Waals surface area contributed by atoms with Gasteiger partial charge in [-0.2, -0.15) is 0 Å². The predicted octanol–water partition coefficient (Wildman–Crippen LogP) is 8.31. The average molecular weight is 425 g/mol. The third-order valence-electron chi connectivity index (χ3n) is 5.51. The van der Waals surface area contributed by atoms with Crippen molar-refractivity contribution >= 4 is 11.6 Å². The summed E-state index contributed by atoms with van der Waals surface area (Å²) in [5.74, 6) is 0.828. The molecule has 3 heteroatoms. The lowest BCUT2D eigenvalue weighted by atomic mass is 10.0. The zero-order chi connectivity index (χ0) is 20.8. The number of benzene rings is 1. The SMILES string of the molecule is CCC(COCCCCCCCCCCCCCCCCl)OCc1ccccc1. The molecule has 0 aromatic heterocycles. The Morgan fingerprint density at radius 2 is 1.24 bits per heavy atom. The fraction of sp³-hybridized carbons (Fsp3) is 0.769. The van der Waals surface area contributed by atoms with Crippen LogP contribution in [-0.4, -0.2) is 25.2 Å². The molecule has 0 aliphatic heterocycles. The Morgan fingerprint density at radius 3 is 1.76 bits per heavy atom. The van der Waals surface area contributed by atoms with Crippen molar-refractivity contribution < 1.29 is 9.47 Å². The molecule has 1 aromatic carbocycles. The number of halogens is 1. The summed E-state index contributed by atoms with van der Waals surface area (Å²) >= 11 is 5.70. The number of alkyl halides is 1. The van der Waals surface area contributed by atoms with E-state index in [-0.39, 0.29) is 6.10 Å². The lowest BCUT2D eigenvalue weighted by Gasteiger charge is -2.16. The van der Waals surface area contributed by atoms with Crippen LogP contribution in [0.5, 0.6) is 0 Å². The minimum atomic E-state index is 0.204. The largest absolute Gasteiger partial charge is 0.379 e. The maximum absolute atomic E-state index is 5.97. The fourth-order valence-electron chi connectivity index (χ4n) is 3.53. The van der Waals surface area contributed by atoms with E-state index >= 15 is 0 Å². The Balaban J connectivity index is 1.81. The van der Waals surface area contributed by atoms with Gasteiger partial charge in [0, 0.05) is 12.5 Å². The van der Waals surface area contributed by atoms with E-state index in [9.17, 15) is 0 Å². The van der Waals surface area contributed by atoms with Crippen LogP contribution in [0.2, 0.25) is 0 Å². The third-order valence-corrected chi connectivity index (χ3v) is 5.78. The van der Waals surface area contributed by atoms with Crippen molar-refractivity contribution in [3.8, 4) is 0 Å². The van der Waals surface area contributed by atoms with Gasteiger partial charge in [-0.05, 0) is 24.8 Å². The molecule has 168 valence electrons. The van der Waals surface area contributed by atoms with Gasteiger partial charge in [-0.25, -0.2) is 0 Å². The van der Waals surface area contributed by atoms with Crippen LogP contribution in [0, 0.1) is 0 Å². The Kier molecular flexibility index (Phi) is 18.9. The summed E-state index contributed by atoms with van der Waals surface area (Å²) in [7, 11) is 0. The molecule has 1 rings (SSSR count).